The first-order chi connectivity index (χ1) is 10.7. The molecule has 22 heavy (non-hydrogen) atoms. The molecule has 1 amide bonds. The SMILES string of the molecule is O=C(c1ccn[nH]1)N(CCc1ccc(F)cc1)C1CCCC1. The number of aromatic nitrogens is 2. The molecule has 4 nitrogen and oxygen atoms in total. The standard InChI is InChI=1S/C17H20FN3O/c18-14-7-5-13(6-8-14)10-12-21(15-3-1-2-4-15)17(22)16-9-11-19-20-16/h5-9,11,15H,1-4,10,12H2,(H,19,20). The molecule has 1 heterocycles. The summed E-state index contributed by atoms with van der Waals surface area (Å²) in [6, 6.07) is 8.50. The van der Waals surface area contributed by atoms with Crippen LogP contribution >= 0.6 is 0 Å². The quantitative estimate of drug-likeness (QED) is 0.922. The van der Waals surface area contributed by atoms with Crippen LogP contribution in [0.4, 0.5) is 4.39 Å². The maximum Gasteiger partial charge on any atom is 0.272 e. The monoisotopic (exact) mass is 301 g/mol. The van der Waals surface area contributed by atoms with E-state index in [0.717, 1.165) is 24.8 Å². The van der Waals surface area contributed by atoms with E-state index in [2.05, 4.69) is 10.2 Å². The fourth-order valence-corrected chi connectivity index (χ4v) is 3.10. The number of nitrogens with one attached hydrogen (secondary N) is 1. The predicted molar refractivity (Wildman–Crippen MR) is 82.0 cm³/mol. The Labute approximate surface area is 129 Å². The Bertz CT molecular complexity index is 603. The normalized spacial score (nSPS) is 15.1. The average molecular weight is 301 g/mol. The summed E-state index contributed by atoms with van der Waals surface area (Å²) in [5.74, 6) is -0.226. The lowest BCUT2D eigenvalue weighted by Gasteiger charge is -2.28. The highest BCUT2D eigenvalue weighted by atomic mass is 19.1. The van der Waals surface area contributed by atoms with Crippen LogP contribution in [-0.2, 0) is 6.42 Å². The Kier molecular flexibility index (Phi) is 4.51. The summed E-state index contributed by atoms with van der Waals surface area (Å²) in [6.07, 6.45) is 6.80. The molecule has 0 atom stereocenters. The van der Waals surface area contributed by atoms with Crippen molar-refractivity contribution in [3.05, 3.63) is 53.6 Å². The highest BCUT2D eigenvalue weighted by Crippen LogP contribution is 2.25. The van der Waals surface area contributed by atoms with Gasteiger partial charge in [0.15, 0.2) is 0 Å². The molecule has 0 bridgehead atoms. The van der Waals surface area contributed by atoms with Gasteiger partial charge in [0.2, 0.25) is 0 Å². The lowest BCUT2D eigenvalue weighted by molar-refractivity contribution is 0.0678. The fraction of sp³-hybridized carbons (Fsp3) is 0.412. The summed E-state index contributed by atoms with van der Waals surface area (Å²) in [4.78, 5) is 14.6. The fourth-order valence-electron chi connectivity index (χ4n) is 3.10. The summed E-state index contributed by atoms with van der Waals surface area (Å²) in [5.41, 5.74) is 1.58. The van der Waals surface area contributed by atoms with Crippen molar-refractivity contribution in [3.63, 3.8) is 0 Å². The van der Waals surface area contributed by atoms with Gasteiger partial charge >= 0.3 is 0 Å². The number of rotatable bonds is 5. The van der Waals surface area contributed by atoms with Gasteiger partial charge in [-0.15, -0.1) is 0 Å². The van der Waals surface area contributed by atoms with E-state index < -0.39 is 0 Å². The van der Waals surface area contributed by atoms with Crippen molar-refractivity contribution >= 4 is 5.91 Å². The molecule has 1 aromatic carbocycles. The molecular weight excluding hydrogens is 281 g/mol. The molecule has 0 radical (unpaired) electrons. The van der Waals surface area contributed by atoms with Gasteiger partial charge in [0.05, 0.1) is 0 Å². The molecule has 1 aromatic heterocycles. The number of hydrogen-bond acceptors (Lipinski definition) is 2. The van der Waals surface area contributed by atoms with Crippen LogP contribution in [0.15, 0.2) is 36.5 Å². The number of halogens is 1. The van der Waals surface area contributed by atoms with E-state index in [-0.39, 0.29) is 11.7 Å². The van der Waals surface area contributed by atoms with Crippen molar-refractivity contribution in [2.45, 2.75) is 38.1 Å². The minimum atomic E-state index is -0.232. The number of carbonyl (C=O) groups excluding carboxylic acids is 1. The van der Waals surface area contributed by atoms with Crippen LogP contribution in [-0.4, -0.2) is 33.6 Å². The predicted octanol–water partition coefficient (Wildman–Crippen LogP) is 3.18. The number of carbonyl (C=O) groups is 1. The molecule has 1 saturated carbocycles. The number of H-pyrrole nitrogens is 1. The largest absolute Gasteiger partial charge is 0.334 e. The zero-order valence-electron chi connectivity index (χ0n) is 12.5. The average Bonchev–Trinajstić information content (AvgIpc) is 3.22. The maximum atomic E-state index is 13.0. The molecule has 0 unspecified atom stereocenters. The first kappa shape index (κ1) is 14.8. The van der Waals surface area contributed by atoms with Gasteiger partial charge in [-0.2, -0.15) is 5.10 Å². The first-order valence-electron chi connectivity index (χ1n) is 7.79. The topological polar surface area (TPSA) is 49.0 Å². The zero-order chi connectivity index (χ0) is 15.4. The lowest BCUT2D eigenvalue weighted by atomic mass is 10.1. The van der Waals surface area contributed by atoms with Crippen molar-refractivity contribution in [3.8, 4) is 0 Å². The third-order valence-corrected chi connectivity index (χ3v) is 4.31. The summed E-state index contributed by atoms with van der Waals surface area (Å²) in [5, 5.41) is 6.62. The Hall–Kier alpha value is -2.17. The molecular formula is C17H20FN3O. The molecule has 5 heteroatoms. The summed E-state index contributed by atoms with van der Waals surface area (Å²) >= 11 is 0. The van der Waals surface area contributed by atoms with Crippen molar-refractivity contribution in [1.29, 1.82) is 0 Å². The van der Waals surface area contributed by atoms with E-state index in [1.54, 1.807) is 24.4 Å². The first-order valence-corrected chi connectivity index (χ1v) is 7.79. The van der Waals surface area contributed by atoms with Crippen LogP contribution in [0, 0.1) is 5.82 Å². The van der Waals surface area contributed by atoms with Crippen molar-refractivity contribution in [2.75, 3.05) is 6.54 Å². The van der Waals surface area contributed by atoms with Crippen LogP contribution in [0.25, 0.3) is 0 Å². The van der Waals surface area contributed by atoms with Gasteiger partial charge in [0.1, 0.15) is 11.5 Å². The Morgan fingerprint density at radius 1 is 1.23 bits per heavy atom. The molecule has 1 fully saturated rings. The van der Waals surface area contributed by atoms with Crippen molar-refractivity contribution in [2.24, 2.45) is 0 Å². The van der Waals surface area contributed by atoms with Gasteiger partial charge in [-0.05, 0) is 43.0 Å². The van der Waals surface area contributed by atoms with Crippen molar-refractivity contribution < 1.29 is 9.18 Å². The van der Waals surface area contributed by atoms with Gasteiger partial charge in [0.25, 0.3) is 5.91 Å². The minimum Gasteiger partial charge on any atom is -0.334 e. The molecule has 116 valence electrons. The number of nitrogens with zero attached hydrogens (tertiary/aromatic N) is 2. The van der Waals surface area contributed by atoms with E-state index >= 15 is 0 Å². The lowest BCUT2D eigenvalue weighted by Crippen LogP contribution is -2.40. The Morgan fingerprint density at radius 2 is 1.95 bits per heavy atom. The highest BCUT2D eigenvalue weighted by molar-refractivity contribution is 5.92. The molecule has 3 rings (SSSR count). The van der Waals surface area contributed by atoms with Gasteiger partial charge in [-0.25, -0.2) is 4.39 Å². The van der Waals surface area contributed by atoms with E-state index in [0.29, 0.717) is 18.3 Å². The highest BCUT2D eigenvalue weighted by Gasteiger charge is 2.27. The van der Waals surface area contributed by atoms with Crippen LogP contribution in [0.1, 0.15) is 41.7 Å². The smallest absolute Gasteiger partial charge is 0.272 e. The minimum absolute atomic E-state index is 0.00603. The molecule has 0 saturated heterocycles. The van der Waals surface area contributed by atoms with E-state index in [1.807, 2.05) is 4.90 Å². The Balaban J connectivity index is 1.71. The van der Waals surface area contributed by atoms with Gasteiger partial charge in [0, 0.05) is 18.8 Å². The van der Waals surface area contributed by atoms with Gasteiger partial charge in [-0.3, -0.25) is 9.89 Å². The van der Waals surface area contributed by atoms with Gasteiger partial charge < -0.3 is 4.90 Å². The third-order valence-electron chi connectivity index (χ3n) is 4.31. The van der Waals surface area contributed by atoms with Gasteiger partial charge in [-0.1, -0.05) is 25.0 Å². The van der Waals surface area contributed by atoms with E-state index in [9.17, 15) is 9.18 Å². The number of hydrogen-bond donors (Lipinski definition) is 1. The summed E-state index contributed by atoms with van der Waals surface area (Å²) in [7, 11) is 0. The molecule has 0 aliphatic heterocycles. The molecule has 2 aromatic rings. The molecule has 1 aliphatic rings. The molecule has 0 spiro atoms. The van der Waals surface area contributed by atoms with Crippen molar-refractivity contribution in [1.82, 2.24) is 15.1 Å². The zero-order valence-corrected chi connectivity index (χ0v) is 12.5. The third kappa shape index (κ3) is 3.35. The van der Waals surface area contributed by atoms with Crippen LogP contribution in [0.5, 0.6) is 0 Å². The van der Waals surface area contributed by atoms with Crippen LogP contribution in [0.3, 0.4) is 0 Å². The molecule has 1 aliphatic carbocycles. The number of amides is 1. The summed E-state index contributed by atoms with van der Waals surface area (Å²) < 4.78 is 13.0. The number of benzene rings is 1. The second kappa shape index (κ2) is 6.73. The van der Waals surface area contributed by atoms with Crippen LogP contribution < -0.4 is 0 Å². The number of aromatic amines is 1. The second-order valence-electron chi connectivity index (χ2n) is 5.78. The summed E-state index contributed by atoms with van der Waals surface area (Å²) in [6.45, 7) is 0.647. The van der Waals surface area contributed by atoms with E-state index in [4.69, 9.17) is 0 Å². The maximum absolute atomic E-state index is 13.0. The Morgan fingerprint density at radius 3 is 2.59 bits per heavy atom. The second-order valence-corrected chi connectivity index (χ2v) is 5.78. The molecule has 1 N–H and O–H groups in total. The van der Waals surface area contributed by atoms with E-state index in [1.165, 1.54) is 25.0 Å². The van der Waals surface area contributed by atoms with Crippen LogP contribution in [0.2, 0.25) is 0 Å².